The molecule has 0 unspecified atom stereocenters. The second-order valence-corrected chi connectivity index (χ2v) is 4.81. The number of nitrogens with zero attached hydrogens (tertiary/aromatic N) is 2. The minimum atomic E-state index is 0.453. The zero-order valence-corrected chi connectivity index (χ0v) is 10.7. The molecule has 1 heterocycles. The van der Waals surface area contributed by atoms with Gasteiger partial charge in [-0.05, 0) is 18.6 Å². The Morgan fingerprint density at radius 1 is 1.33 bits per heavy atom. The van der Waals surface area contributed by atoms with Gasteiger partial charge in [0.15, 0.2) is 0 Å². The Labute approximate surface area is 96.1 Å². The van der Waals surface area contributed by atoms with E-state index >= 15 is 0 Å². The Balaban J connectivity index is 3.09. The fraction of sp³-hybridized carbons (Fsp3) is 0.636. The lowest BCUT2D eigenvalue weighted by Crippen LogP contribution is -2.07. The fourth-order valence-corrected chi connectivity index (χ4v) is 2.34. The molecule has 0 aliphatic heterocycles. The van der Waals surface area contributed by atoms with Gasteiger partial charge in [0.25, 0.3) is 0 Å². The van der Waals surface area contributed by atoms with Gasteiger partial charge < -0.3 is 5.32 Å². The normalized spacial score (nSPS) is 10.7. The first-order valence-corrected chi connectivity index (χ1v) is 6.40. The summed E-state index contributed by atoms with van der Waals surface area (Å²) in [5.74, 6) is 2.48. The van der Waals surface area contributed by atoms with Crippen molar-refractivity contribution in [1.29, 1.82) is 0 Å². The van der Waals surface area contributed by atoms with Crippen LogP contribution < -0.4 is 5.32 Å². The molecule has 0 saturated heterocycles. The van der Waals surface area contributed by atoms with E-state index in [1.807, 2.05) is 0 Å². The molecule has 1 N–H and O–H groups in total. The van der Waals surface area contributed by atoms with Gasteiger partial charge in [0, 0.05) is 12.1 Å². The van der Waals surface area contributed by atoms with E-state index in [1.54, 1.807) is 18.1 Å². The molecule has 0 fully saturated rings. The summed E-state index contributed by atoms with van der Waals surface area (Å²) >= 11 is 1.78. The summed E-state index contributed by atoms with van der Waals surface area (Å²) in [5.41, 5.74) is 1.24. The zero-order chi connectivity index (χ0) is 11.3. The molecule has 0 aliphatic carbocycles. The molecule has 0 aromatic carbocycles. The van der Waals surface area contributed by atoms with Gasteiger partial charge in [0.2, 0.25) is 0 Å². The molecule has 0 aliphatic rings. The van der Waals surface area contributed by atoms with Gasteiger partial charge in [-0.15, -0.1) is 11.8 Å². The van der Waals surface area contributed by atoms with Crippen LogP contribution in [0.4, 0.5) is 5.82 Å². The lowest BCUT2D eigenvalue weighted by molar-refractivity contribution is 0.803. The maximum atomic E-state index is 4.34. The Kier molecular flexibility index (Phi) is 4.88. The first-order valence-electron chi connectivity index (χ1n) is 5.42. The predicted octanol–water partition coefficient (Wildman–Crippen LogP) is 3.14. The molecule has 0 spiro atoms. The molecule has 0 atom stereocenters. The van der Waals surface area contributed by atoms with Gasteiger partial charge in [0.1, 0.15) is 17.2 Å². The second kappa shape index (κ2) is 5.95. The topological polar surface area (TPSA) is 37.8 Å². The third kappa shape index (κ3) is 3.09. The maximum Gasteiger partial charge on any atom is 0.133 e. The lowest BCUT2D eigenvalue weighted by Gasteiger charge is -2.15. The fourth-order valence-electron chi connectivity index (χ4n) is 1.46. The van der Waals surface area contributed by atoms with Gasteiger partial charge in [-0.25, -0.2) is 9.97 Å². The van der Waals surface area contributed by atoms with Crippen molar-refractivity contribution in [2.45, 2.75) is 38.6 Å². The molecule has 4 heteroatoms. The smallest absolute Gasteiger partial charge is 0.133 e. The molecule has 0 saturated carbocycles. The van der Waals surface area contributed by atoms with E-state index in [1.165, 1.54) is 5.56 Å². The first-order chi connectivity index (χ1) is 7.20. The predicted molar refractivity (Wildman–Crippen MR) is 66.7 cm³/mol. The largest absolute Gasteiger partial charge is 0.370 e. The Bertz CT molecular complexity index is 288. The van der Waals surface area contributed by atoms with Crippen LogP contribution in [0.2, 0.25) is 0 Å². The summed E-state index contributed by atoms with van der Waals surface area (Å²) in [6, 6.07) is 0. The number of aromatic nitrogens is 2. The van der Waals surface area contributed by atoms with Crippen molar-refractivity contribution in [3.63, 3.8) is 0 Å². The van der Waals surface area contributed by atoms with Crippen molar-refractivity contribution < 1.29 is 0 Å². The average Bonchev–Trinajstić information content (AvgIpc) is 2.18. The summed E-state index contributed by atoms with van der Waals surface area (Å²) in [7, 11) is 0. The standard InChI is InChI=1S/C11H19N3S/c1-5-12-10-9(8(3)4)11(15-6-2)14-7-13-10/h7-8H,5-6H2,1-4H3,(H,12,13,14). The molecule has 1 aromatic rings. The molecule has 3 nitrogen and oxygen atoms in total. The summed E-state index contributed by atoms with van der Waals surface area (Å²) in [4.78, 5) is 8.64. The Morgan fingerprint density at radius 2 is 2.07 bits per heavy atom. The highest BCUT2D eigenvalue weighted by atomic mass is 32.2. The van der Waals surface area contributed by atoms with E-state index in [2.05, 4.69) is 43.0 Å². The second-order valence-electron chi connectivity index (χ2n) is 3.56. The van der Waals surface area contributed by atoms with Gasteiger partial charge >= 0.3 is 0 Å². The maximum absolute atomic E-state index is 4.34. The molecule has 84 valence electrons. The highest BCUT2D eigenvalue weighted by Gasteiger charge is 2.13. The number of thioether (sulfide) groups is 1. The number of anilines is 1. The van der Waals surface area contributed by atoms with Crippen molar-refractivity contribution in [2.75, 3.05) is 17.6 Å². The minimum absolute atomic E-state index is 0.453. The van der Waals surface area contributed by atoms with Crippen LogP contribution in [0.1, 0.15) is 39.2 Å². The van der Waals surface area contributed by atoms with Crippen LogP contribution in [0.5, 0.6) is 0 Å². The van der Waals surface area contributed by atoms with Gasteiger partial charge in [-0.3, -0.25) is 0 Å². The van der Waals surface area contributed by atoms with Crippen molar-refractivity contribution in [1.82, 2.24) is 9.97 Å². The van der Waals surface area contributed by atoms with E-state index in [0.717, 1.165) is 23.1 Å². The molecule has 0 bridgehead atoms. The Hall–Kier alpha value is -0.770. The van der Waals surface area contributed by atoms with Crippen molar-refractivity contribution in [2.24, 2.45) is 0 Å². The highest BCUT2D eigenvalue weighted by molar-refractivity contribution is 7.99. The van der Waals surface area contributed by atoms with Crippen LogP contribution in [0.3, 0.4) is 0 Å². The van der Waals surface area contributed by atoms with E-state index in [-0.39, 0.29) is 0 Å². The number of rotatable bonds is 5. The van der Waals surface area contributed by atoms with E-state index < -0.39 is 0 Å². The molecule has 1 aromatic heterocycles. The van der Waals surface area contributed by atoms with Crippen molar-refractivity contribution in [3.8, 4) is 0 Å². The van der Waals surface area contributed by atoms with E-state index in [4.69, 9.17) is 0 Å². The molecule has 0 radical (unpaired) electrons. The zero-order valence-electron chi connectivity index (χ0n) is 9.87. The monoisotopic (exact) mass is 225 g/mol. The van der Waals surface area contributed by atoms with Gasteiger partial charge in [-0.2, -0.15) is 0 Å². The van der Waals surface area contributed by atoms with Gasteiger partial charge in [-0.1, -0.05) is 20.8 Å². The van der Waals surface area contributed by atoms with Crippen molar-refractivity contribution >= 4 is 17.6 Å². The molecule has 15 heavy (non-hydrogen) atoms. The van der Waals surface area contributed by atoms with Crippen LogP contribution in [0, 0.1) is 0 Å². The number of nitrogens with one attached hydrogen (secondary N) is 1. The number of hydrogen-bond donors (Lipinski definition) is 1. The number of hydrogen-bond acceptors (Lipinski definition) is 4. The van der Waals surface area contributed by atoms with Crippen LogP contribution in [-0.2, 0) is 0 Å². The summed E-state index contributed by atoms with van der Waals surface area (Å²) in [6.45, 7) is 9.48. The van der Waals surface area contributed by atoms with Crippen LogP contribution in [-0.4, -0.2) is 22.3 Å². The van der Waals surface area contributed by atoms with Crippen LogP contribution in [0.15, 0.2) is 11.4 Å². The Morgan fingerprint density at radius 3 is 2.60 bits per heavy atom. The quantitative estimate of drug-likeness (QED) is 0.617. The molecular formula is C11H19N3S. The van der Waals surface area contributed by atoms with Crippen LogP contribution in [0.25, 0.3) is 0 Å². The average molecular weight is 225 g/mol. The van der Waals surface area contributed by atoms with E-state index in [9.17, 15) is 0 Å². The summed E-state index contributed by atoms with van der Waals surface area (Å²) < 4.78 is 0. The minimum Gasteiger partial charge on any atom is -0.370 e. The van der Waals surface area contributed by atoms with Crippen LogP contribution >= 0.6 is 11.8 Å². The van der Waals surface area contributed by atoms with Gasteiger partial charge in [0.05, 0.1) is 0 Å². The highest BCUT2D eigenvalue weighted by Crippen LogP contribution is 2.30. The summed E-state index contributed by atoms with van der Waals surface area (Å²) in [5, 5.41) is 4.40. The third-order valence-corrected chi connectivity index (χ3v) is 2.94. The van der Waals surface area contributed by atoms with E-state index in [0.29, 0.717) is 5.92 Å². The summed E-state index contributed by atoms with van der Waals surface area (Å²) in [6.07, 6.45) is 1.64. The lowest BCUT2D eigenvalue weighted by atomic mass is 10.1. The molecular weight excluding hydrogens is 206 g/mol. The SMILES string of the molecule is CCNc1ncnc(SCC)c1C(C)C. The molecule has 0 amide bonds. The first kappa shape index (κ1) is 12.3. The van der Waals surface area contributed by atoms with Crippen molar-refractivity contribution in [3.05, 3.63) is 11.9 Å². The third-order valence-electron chi connectivity index (χ3n) is 2.05. The molecule has 1 rings (SSSR count).